The number of hydrogen-bond acceptors (Lipinski definition) is 3. The summed E-state index contributed by atoms with van der Waals surface area (Å²) in [5.74, 6) is 1.03. The maximum Gasteiger partial charge on any atom is 0.410 e. The molecular weight excluding hydrogens is 318 g/mol. The van der Waals surface area contributed by atoms with Crippen LogP contribution in [0.1, 0.15) is 49.5 Å². The molecule has 1 aromatic rings. The van der Waals surface area contributed by atoms with E-state index < -0.39 is 5.60 Å². The average molecular weight is 347 g/mol. The van der Waals surface area contributed by atoms with E-state index in [0.717, 1.165) is 50.1 Å². The molecule has 0 spiro atoms. The van der Waals surface area contributed by atoms with E-state index in [9.17, 15) is 9.59 Å². The Bertz CT molecular complexity index is 631. The van der Waals surface area contributed by atoms with Crippen molar-refractivity contribution < 1.29 is 14.3 Å². The van der Waals surface area contributed by atoms with Gasteiger partial charge in [0.1, 0.15) is 5.60 Å². The Morgan fingerprint density at radius 1 is 1.08 bits per heavy atom. The molecule has 3 rings (SSSR count). The van der Waals surface area contributed by atoms with Crippen LogP contribution >= 0.6 is 0 Å². The smallest absolute Gasteiger partial charge is 0.410 e. The first-order valence-corrected chi connectivity index (χ1v) is 9.15. The summed E-state index contributed by atoms with van der Waals surface area (Å²) >= 11 is 0. The second-order valence-corrected chi connectivity index (χ2v) is 8.33. The van der Waals surface area contributed by atoms with E-state index in [1.54, 1.807) is 6.20 Å². The summed E-state index contributed by atoms with van der Waals surface area (Å²) < 4.78 is 5.50. The number of carbonyl (C=O) groups excluding carboxylic acids is 2. The lowest BCUT2D eigenvalue weighted by Gasteiger charge is -2.25. The van der Waals surface area contributed by atoms with Gasteiger partial charge >= 0.3 is 6.09 Å². The van der Waals surface area contributed by atoms with Gasteiger partial charge in [-0.15, -0.1) is 0 Å². The van der Waals surface area contributed by atoms with Crippen LogP contribution in [0.15, 0.2) is 12.4 Å². The van der Waals surface area contributed by atoms with Crippen molar-refractivity contribution in [1.82, 2.24) is 14.8 Å². The Morgan fingerprint density at radius 3 is 2.16 bits per heavy atom. The van der Waals surface area contributed by atoms with Crippen molar-refractivity contribution in [2.45, 2.75) is 46.1 Å². The maximum absolute atomic E-state index is 12.7. The predicted molar refractivity (Wildman–Crippen MR) is 95.5 cm³/mol. The van der Waals surface area contributed by atoms with Crippen molar-refractivity contribution in [1.29, 1.82) is 0 Å². The number of nitrogens with zero attached hydrogens (tertiary/aromatic N) is 2. The van der Waals surface area contributed by atoms with Crippen molar-refractivity contribution in [3.63, 3.8) is 0 Å². The topological polar surface area (TPSA) is 65.6 Å². The zero-order chi connectivity index (χ0) is 18.2. The number of aromatic amines is 1. The molecule has 2 saturated heterocycles. The van der Waals surface area contributed by atoms with Gasteiger partial charge in [0, 0.05) is 38.6 Å². The third kappa shape index (κ3) is 3.99. The van der Waals surface area contributed by atoms with E-state index in [1.807, 2.05) is 43.7 Å². The van der Waals surface area contributed by atoms with Crippen molar-refractivity contribution in [3.05, 3.63) is 23.5 Å². The summed E-state index contributed by atoms with van der Waals surface area (Å²) in [4.78, 5) is 31.8. The van der Waals surface area contributed by atoms with Crippen LogP contribution in [0.2, 0.25) is 0 Å². The van der Waals surface area contributed by atoms with Gasteiger partial charge in [-0.3, -0.25) is 4.79 Å². The Labute approximate surface area is 149 Å². The number of carbonyl (C=O) groups is 2. The number of ether oxygens (including phenoxy) is 1. The number of fused-ring (bicyclic) bond motifs is 1. The normalized spacial score (nSPS) is 24.0. The molecule has 0 unspecified atom stereocenters. The van der Waals surface area contributed by atoms with Gasteiger partial charge in [0.25, 0.3) is 5.91 Å². The first-order chi connectivity index (χ1) is 11.7. The molecule has 138 valence electrons. The molecule has 2 amide bonds. The SMILES string of the molecule is Cc1c[nH]cc1C(=O)N1CC[C@@H]2CN(C(=O)OC(C)(C)C)C[C@@H]2CC1. The van der Waals surface area contributed by atoms with Crippen LogP contribution in [0, 0.1) is 18.8 Å². The molecule has 0 aromatic carbocycles. The molecular formula is C19H29N3O3. The van der Waals surface area contributed by atoms with Gasteiger partial charge in [-0.05, 0) is 57.9 Å². The fraction of sp³-hybridized carbons (Fsp3) is 0.684. The summed E-state index contributed by atoms with van der Waals surface area (Å²) in [6.45, 7) is 10.6. The van der Waals surface area contributed by atoms with E-state index in [0.29, 0.717) is 11.8 Å². The molecule has 25 heavy (non-hydrogen) atoms. The van der Waals surface area contributed by atoms with Gasteiger partial charge in [-0.25, -0.2) is 4.79 Å². The van der Waals surface area contributed by atoms with Crippen molar-refractivity contribution in [2.24, 2.45) is 11.8 Å². The Morgan fingerprint density at radius 2 is 1.68 bits per heavy atom. The monoisotopic (exact) mass is 347 g/mol. The molecule has 1 N–H and O–H groups in total. The second-order valence-electron chi connectivity index (χ2n) is 8.33. The summed E-state index contributed by atoms with van der Waals surface area (Å²) in [7, 11) is 0. The number of amides is 2. The fourth-order valence-corrected chi connectivity index (χ4v) is 3.87. The van der Waals surface area contributed by atoms with E-state index >= 15 is 0 Å². The van der Waals surface area contributed by atoms with Crippen LogP contribution in [0.5, 0.6) is 0 Å². The van der Waals surface area contributed by atoms with Crippen LogP contribution in [-0.2, 0) is 4.74 Å². The molecule has 2 aliphatic heterocycles. The van der Waals surface area contributed by atoms with E-state index in [-0.39, 0.29) is 12.0 Å². The van der Waals surface area contributed by atoms with Crippen LogP contribution in [0.3, 0.4) is 0 Å². The minimum Gasteiger partial charge on any atom is -0.444 e. The molecule has 2 fully saturated rings. The highest BCUT2D eigenvalue weighted by Gasteiger charge is 2.39. The Hall–Kier alpha value is -1.98. The summed E-state index contributed by atoms with van der Waals surface area (Å²) in [6, 6.07) is 0. The molecule has 0 saturated carbocycles. The predicted octanol–water partition coefficient (Wildman–Crippen LogP) is 3.04. The number of aromatic nitrogens is 1. The lowest BCUT2D eigenvalue weighted by Crippen LogP contribution is -2.37. The van der Waals surface area contributed by atoms with Crippen molar-refractivity contribution in [2.75, 3.05) is 26.2 Å². The third-order valence-electron chi connectivity index (χ3n) is 5.24. The number of nitrogens with one attached hydrogen (secondary N) is 1. The number of H-pyrrole nitrogens is 1. The lowest BCUT2D eigenvalue weighted by molar-refractivity contribution is 0.0279. The van der Waals surface area contributed by atoms with Crippen LogP contribution in [0.25, 0.3) is 0 Å². The van der Waals surface area contributed by atoms with Gasteiger partial charge in [-0.1, -0.05) is 0 Å². The first kappa shape index (κ1) is 17.8. The molecule has 6 heteroatoms. The molecule has 2 aliphatic rings. The van der Waals surface area contributed by atoms with Crippen LogP contribution in [-0.4, -0.2) is 58.6 Å². The first-order valence-electron chi connectivity index (χ1n) is 9.15. The average Bonchev–Trinajstić information content (AvgIpc) is 3.07. The zero-order valence-corrected chi connectivity index (χ0v) is 15.7. The molecule has 2 atom stereocenters. The molecule has 0 bridgehead atoms. The highest BCUT2D eigenvalue weighted by atomic mass is 16.6. The van der Waals surface area contributed by atoms with Crippen LogP contribution < -0.4 is 0 Å². The highest BCUT2D eigenvalue weighted by molar-refractivity contribution is 5.95. The minimum atomic E-state index is -0.459. The standard InChI is InChI=1S/C19H29N3O3/c1-13-9-20-10-16(13)17(23)21-7-5-14-11-22(12-15(14)6-8-21)18(24)25-19(2,3)4/h9-10,14-15,20H,5-8,11-12H2,1-4H3/t14-,15+. The second kappa shape index (κ2) is 6.73. The Balaban J connectivity index is 1.58. The number of aryl methyl sites for hydroxylation is 1. The molecule has 3 heterocycles. The quantitative estimate of drug-likeness (QED) is 0.849. The maximum atomic E-state index is 12.7. The van der Waals surface area contributed by atoms with Gasteiger partial charge in [0.05, 0.1) is 5.56 Å². The Kier molecular flexibility index (Phi) is 4.80. The summed E-state index contributed by atoms with van der Waals surface area (Å²) in [5.41, 5.74) is 1.30. The van der Waals surface area contributed by atoms with Crippen molar-refractivity contribution in [3.8, 4) is 0 Å². The van der Waals surface area contributed by atoms with Crippen LogP contribution in [0.4, 0.5) is 4.79 Å². The van der Waals surface area contributed by atoms with Gasteiger partial charge < -0.3 is 19.5 Å². The molecule has 0 aliphatic carbocycles. The van der Waals surface area contributed by atoms with E-state index in [4.69, 9.17) is 4.74 Å². The molecule has 0 radical (unpaired) electrons. The fourth-order valence-electron chi connectivity index (χ4n) is 3.87. The number of likely N-dealkylation sites (tertiary alicyclic amines) is 2. The largest absolute Gasteiger partial charge is 0.444 e. The van der Waals surface area contributed by atoms with Crippen molar-refractivity contribution >= 4 is 12.0 Å². The molecule has 6 nitrogen and oxygen atoms in total. The third-order valence-corrected chi connectivity index (χ3v) is 5.24. The van der Waals surface area contributed by atoms with Gasteiger partial charge in [0.15, 0.2) is 0 Å². The molecule has 1 aromatic heterocycles. The van der Waals surface area contributed by atoms with E-state index in [1.165, 1.54) is 0 Å². The van der Waals surface area contributed by atoms with Gasteiger partial charge in [0.2, 0.25) is 0 Å². The lowest BCUT2D eigenvalue weighted by atomic mass is 9.92. The summed E-state index contributed by atoms with van der Waals surface area (Å²) in [5, 5.41) is 0. The number of hydrogen-bond donors (Lipinski definition) is 1. The minimum absolute atomic E-state index is 0.114. The van der Waals surface area contributed by atoms with E-state index in [2.05, 4.69) is 4.98 Å². The summed E-state index contributed by atoms with van der Waals surface area (Å²) in [6.07, 6.45) is 5.32. The van der Waals surface area contributed by atoms with Gasteiger partial charge in [-0.2, -0.15) is 0 Å². The highest BCUT2D eigenvalue weighted by Crippen LogP contribution is 2.33. The zero-order valence-electron chi connectivity index (χ0n) is 15.7. The number of rotatable bonds is 1.